The fourth-order valence-corrected chi connectivity index (χ4v) is 10.1. The molecule has 7 heterocycles. The van der Waals surface area contributed by atoms with Crippen molar-refractivity contribution in [3.8, 4) is 35.4 Å². The number of hydrogen-bond donors (Lipinski definition) is 1. The maximum Gasteiger partial charge on any atom is 0.319 e. The molecule has 290 valence electrons. The predicted molar refractivity (Wildman–Crippen MR) is 204 cm³/mol. The summed E-state index contributed by atoms with van der Waals surface area (Å²) < 4.78 is 53.1. The fourth-order valence-electron chi connectivity index (χ4n) is 10.1. The summed E-state index contributed by atoms with van der Waals surface area (Å²) in [6.07, 6.45) is 12.5. The highest BCUT2D eigenvalue weighted by atomic mass is 19.1. The quantitative estimate of drug-likeness (QED) is 0.196. The second-order valence-electron chi connectivity index (χ2n) is 15.9. The molecule has 5 atom stereocenters. The van der Waals surface area contributed by atoms with E-state index in [0.29, 0.717) is 62.2 Å². The Bertz CT molecular complexity index is 2320. The Kier molecular flexibility index (Phi) is 9.03. The first-order chi connectivity index (χ1) is 27.1. The van der Waals surface area contributed by atoms with Gasteiger partial charge in [-0.1, -0.05) is 18.6 Å². The molecule has 0 radical (unpaired) electrons. The molecule has 5 fully saturated rings. The third-order valence-corrected chi connectivity index (χ3v) is 12.6. The molecule has 0 spiro atoms. The number of alkyl halides is 1. The summed E-state index contributed by atoms with van der Waals surface area (Å²) in [4.78, 5) is 48.2. The minimum atomic E-state index is -0.971. The maximum absolute atomic E-state index is 17.1. The molecule has 0 saturated carbocycles. The number of aromatic nitrogens is 3. The van der Waals surface area contributed by atoms with Crippen LogP contribution in [0.3, 0.4) is 0 Å². The molecular weight excluding hydrogens is 724 g/mol. The first kappa shape index (κ1) is 36.2. The number of nitrogens with zero attached hydrogens (tertiary/aromatic N) is 7. The molecule has 4 aromatic rings. The second kappa shape index (κ2) is 14.0. The van der Waals surface area contributed by atoms with Gasteiger partial charge in [0.15, 0.2) is 5.82 Å². The Hall–Kier alpha value is -5.42. The summed E-state index contributed by atoms with van der Waals surface area (Å²) >= 11 is 0. The molecule has 56 heavy (non-hydrogen) atoms. The number of anilines is 1. The summed E-state index contributed by atoms with van der Waals surface area (Å²) in [5.41, 5.74) is -0.798. The third kappa shape index (κ3) is 5.98. The van der Waals surface area contributed by atoms with Crippen LogP contribution in [-0.4, -0.2) is 116 Å². The number of fused-ring (bicyclic) bond motifs is 5. The largest absolute Gasteiger partial charge is 0.508 e. The summed E-state index contributed by atoms with van der Waals surface area (Å²) in [6, 6.07) is 5.02. The molecule has 2 amide bonds. The van der Waals surface area contributed by atoms with Crippen molar-refractivity contribution in [2.24, 2.45) is 5.92 Å². The topological polar surface area (TPSA) is 115 Å². The van der Waals surface area contributed by atoms with Crippen LogP contribution < -0.4 is 9.64 Å². The minimum Gasteiger partial charge on any atom is -0.508 e. The van der Waals surface area contributed by atoms with Crippen molar-refractivity contribution in [3.63, 3.8) is 0 Å². The number of benzene rings is 2. The molecule has 2 bridgehead atoms. The average Bonchev–Trinajstić information content (AvgIpc) is 3.82. The number of carbonyl (C=O) groups excluding carboxylic acids is 2. The Balaban J connectivity index is 1.10. The number of aromatic hydroxyl groups is 1. The maximum atomic E-state index is 17.1. The third-order valence-electron chi connectivity index (χ3n) is 12.6. The van der Waals surface area contributed by atoms with Gasteiger partial charge in [0.25, 0.3) is 0 Å². The van der Waals surface area contributed by atoms with Crippen LogP contribution >= 0.6 is 0 Å². The smallest absolute Gasteiger partial charge is 0.319 e. The van der Waals surface area contributed by atoms with Gasteiger partial charge in [0.2, 0.25) is 11.8 Å². The number of piperidine rings is 1. The lowest BCUT2D eigenvalue weighted by Crippen LogP contribution is -2.58. The number of ether oxygens (including phenoxy) is 1. The second-order valence-corrected chi connectivity index (χ2v) is 15.9. The molecule has 5 aliphatic heterocycles. The number of likely N-dealkylation sites (tertiary alicyclic amines) is 1. The van der Waals surface area contributed by atoms with Gasteiger partial charge >= 0.3 is 6.01 Å². The lowest BCUT2D eigenvalue weighted by atomic mass is 9.95. The first-order valence-corrected chi connectivity index (χ1v) is 19.4. The average molecular weight is 766 g/mol. The van der Waals surface area contributed by atoms with Crippen molar-refractivity contribution in [1.82, 2.24) is 29.7 Å². The number of phenolic OH excluding ortho intramolecular Hbond substituents is 1. The zero-order valence-electron chi connectivity index (χ0n) is 30.9. The van der Waals surface area contributed by atoms with E-state index in [-0.39, 0.29) is 75.9 Å². The first-order valence-electron chi connectivity index (χ1n) is 19.4. The minimum absolute atomic E-state index is 0.0388. The van der Waals surface area contributed by atoms with Gasteiger partial charge in [-0.15, -0.1) is 6.42 Å². The van der Waals surface area contributed by atoms with Crippen molar-refractivity contribution in [2.75, 3.05) is 50.8 Å². The van der Waals surface area contributed by atoms with E-state index in [1.165, 1.54) is 36.5 Å². The molecule has 5 aliphatic rings. The highest BCUT2D eigenvalue weighted by molar-refractivity contribution is 6.03. The van der Waals surface area contributed by atoms with Gasteiger partial charge in [0.05, 0.1) is 22.4 Å². The van der Waals surface area contributed by atoms with E-state index in [4.69, 9.17) is 16.1 Å². The number of piperazine rings is 1. The van der Waals surface area contributed by atoms with Gasteiger partial charge in [-0.05, 0) is 74.7 Å². The highest BCUT2D eigenvalue weighted by Crippen LogP contribution is 2.43. The molecule has 14 heteroatoms. The van der Waals surface area contributed by atoms with Crippen LogP contribution in [0.1, 0.15) is 50.5 Å². The van der Waals surface area contributed by atoms with E-state index < -0.39 is 23.3 Å². The zero-order chi connectivity index (χ0) is 38.9. The van der Waals surface area contributed by atoms with Gasteiger partial charge in [0, 0.05) is 68.4 Å². The molecule has 5 unspecified atom stereocenters. The van der Waals surface area contributed by atoms with Gasteiger partial charge in [0.1, 0.15) is 41.4 Å². The van der Waals surface area contributed by atoms with E-state index in [2.05, 4.69) is 27.4 Å². The standard InChI is InChI=1S/C42H42F3N7O4/c1-3-30-33(44)11-8-24-15-29(53)16-31(35(24)30)37-36(45)38-32(18-46-37)39(48-41(47-38)56-23-42-12-6-14-51(42)20-26(43)17-42)50-21-27-9-10-28(22-50)52(27)40(55)25-7-5-13-49(19-25)34(54)4-2/h1,4,8,11,15-16,18,25-28,53H,2,5-7,9-10,12-14,17,19-23H2. The van der Waals surface area contributed by atoms with Crippen LogP contribution in [0.5, 0.6) is 11.8 Å². The molecular formula is C42H42F3N7O4. The lowest BCUT2D eigenvalue weighted by molar-refractivity contribution is -0.142. The van der Waals surface area contributed by atoms with Gasteiger partial charge < -0.3 is 24.5 Å². The van der Waals surface area contributed by atoms with Crippen LogP contribution in [0.4, 0.5) is 19.0 Å². The van der Waals surface area contributed by atoms with Gasteiger partial charge in [-0.2, -0.15) is 9.97 Å². The summed E-state index contributed by atoms with van der Waals surface area (Å²) in [5, 5.41) is 11.6. The van der Waals surface area contributed by atoms with Gasteiger partial charge in [-0.25, -0.2) is 13.2 Å². The summed E-state index contributed by atoms with van der Waals surface area (Å²) in [7, 11) is 0. The Morgan fingerprint density at radius 2 is 1.88 bits per heavy atom. The number of rotatable bonds is 7. The number of carbonyl (C=O) groups is 2. The Labute approximate surface area is 322 Å². The van der Waals surface area contributed by atoms with Crippen LogP contribution in [0.15, 0.2) is 43.1 Å². The van der Waals surface area contributed by atoms with Crippen molar-refractivity contribution in [1.29, 1.82) is 0 Å². The monoisotopic (exact) mass is 765 g/mol. The molecule has 0 aliphatic carbocycles. The van der Waals surface area contributed by atoms with Crippen LogP contribution in [0.25, 0.3) is 32.9 Å². The van der Waals surface area contributed by atoms with E-state index in [1.54, 1.807) is 4.90 Å². The van der Waals surface area contributed by atoms with Crippen LogP contribution in [0, 0.1) is 29.9 Å². The number of terminal acetylenes is 1. The number of halogens is 3. The van der Waals surface area contributed by atoms with Crippen LogP contribution in [0.2, 0.25) is 0 Å². The van der Waals surface area contributed by atoms with E-state index >= 15 is 4.39 Å². The Morgan fingerprint density at radius 3 is 2.64 bits per heavy atom. The summed E-state index contributed by atoms with van der Waals surface area (Å²) in [5.74, 6) is 0.622. The van der Waals surface area contributed by atoms with Crippen molar-refractivity contribution in [3.05, 3.63) is 60.3 Å². The fraction of sp³-hybridized carbons (Fsp3) is 0.452. The van der Waals surface area contributed by atoms with Gasteiger partial charge in [-0.3, -0.25) is 19.5 Å². The molecule has 1 N–H and O–H groups in total. The van der Waals surface area contributed by atoms with Crippen molar-refractivity contribution < 1.29 is 32.6 Å². The molecule has 2 aromatic heterocycles. The van der Waals surface area contributed by atoms with Crippen molar-refractivity contribution >= 4 is 39.3 Å². The van der Waals surface area contributed by atoms with Crippen molar-refractivity contribution in [2.45, 2.75) is 68.7 Å². The molecule has 9 rings (SSSR count). The normalized spacial score (nSPS) is 26.1. The lowest BCUT2D eigenvalue weighted by Gasteiger charge is -2.44. The molecule has 5 saturated heterocycles. The summed E-state index contributed by atoms with van der Waals surface area (Å²) in [6.45, 7) is 6.64. The highest BCUT2D eigenvalue weighted by Gasteiger charge is 2.50. The molecule has 11 nitrogen and oxygen atoms in total. The van der Waals surface area contributed by atoms with Crippen LogP contribution in [-0.2, 0) is 9.59 Å². The van der Waals surface area contributed by atoms with E-state index in [1.807, 2.05) is 9.80 Å². The number of hydrogen-bond acceptors (Lipinski definition) is 9. The SMILES string of the molecule is C#Cc1c(F)ccc2cc(O)cc(-c3ncc4c(N5CC6CCC(C5)N6C(=O)C5CCCN(C(=O)C=C)C5)nc(OCC56CCCN5CC(F)C6)nc4c3F)c12. The number of phenols is 1. The number of pyridine rings is 1. The molecule has 2 aromatic carbocycles. The van der Waals surface area contributed by atoms with E-state index in [9.17, 15) is 23.5 Å². The predicted octanol–water partition coefficient (Wildman–Crippen LogP) is 5.37. The number of amides is 2. The zero-order valence-corrected chi connectivity index (χ0v) is 30.9. The Morgan fingerprint density at radius 1 is 1.07 bits per heavy atom. The van der Waals surface area contributed by atoms with E-state index in [0.717, 1.165) is 38.6 Å².